The van der Waals surface area contributed by atoms with Gasteiger partial charge in [0, 0.05) is 22.4 Å². The van der Waals surface area contributed by atoms with Crippen LogP contribution in [0.3, 0.4) is 0 Å². The lowest BCUT2D eigenvalue weighted by Gasteiger charge is -2.29. The monoisotopic (exact) mass is 469 g/mol. The molecular weight excluding hydrogens is 438 g/mol. The Labute approximate surface area is 206 Å². The summed E-state index contributed by atoms with van der Waals surface area (Å²) in [6.07, 6.45) is 0. The molecule has 0 unspecified atom stereocenters. The predicted octanol–water partition coefficient (Wildman–Crippen LogP) is 7.92. The van der Waals surface area contributed by atoms with Gasteiger partial charge in [0.1, 0.15) is 28.7 Å². The smallest absolute Gasteiger partial charge is 0.134 e. The first-order valence-corrected chi connectivity index (χ1v) is 11.6. The topological polar surface area (TPSA) is 73.2 Å². The van der Waals surface area contributed by atoms with Gasteiger partial charge < -0.3 is 25.0 Å². The van der Waals surface area contributed by atoms with Crippen LogP contribution in [0.1, 0.15) is 33.4 Å². The van der Waals surface area contributed by atoms with Gasteiger partial charge in [-0.1, -0.05) is 18.2 Å². The van der Waals surface area contributed by atoms with Gasteiger partial charge in [-0.05, 0) is 101 Å². The van der Waals surface area contributed by atoms with Gasteiger partial charge in [0.2, 0.25) is 0 Å². The first-order chi connectivity index (χ1) is 16.6. The van der Waals surface area contributed by atoms with Gasteiger partial charge in [0.25, 0.3) is 0 Å². The summed E-state index contributed by atoms with van der Waals surface area (Å²) in [5, 5.41) is 31.6. The lowest BCUT2D eigenvalue weighted by molar-refractivity contribution is 0.445. The second-order valence-corrected chi connectivity index (χ2v) is 9.04. The zero-order valence-corrected chi connectivity index (χ0v) is 21.0. The molecule has 3 N–H and O–H groups in total. The maximum Gasteiger partial charge on any atom is 0.134 e. The normalized spacial score (nSPS) is 10.9. The van der Waals surface area contributed by atoms with Gasteiger partial charge in [-0.25, -0.2) is 0 Å². The molecule has 4 aromatic rings. The van der Waals surface area contributed by atoms with E-state index < -0.39 is 0 Å². The standard InChI is InChI=1S/C30H31NO4/c1-17-7-14-25(20(4)28(17)32)31(26-15-8-18(2)29(33)21(26)5)23-10-12-24(13-11-23)35-27-16-9-19(3)30(34)22(27)6/h7-16,32-34H,1-6H3. The third kappa shape index (κ3) is 4.37. The Morgan fingerprint density at radius 3 is 1.43 bits per heavy atom. The Balaban J connectivity index is 1.80. The number of ether oxygens (including phenoxy) is 1. The molecule has 0 atom stereocenters. The molecule has 0 aromatic heterocycles. The number of nitrogens with zero attached hydrogens (tertiary/aromatic N) is 1. The molecule has 0 aliphatic carbocycles. The third-order valence-electron chi connectivity index (χ3n) is 6.60. The van der Waals surface area contributed by atoms with Gasteiger partial charge in [-0.3, -0.25) is 0 Å². The van der Waals surface area contributed by atoms with Gasteiger partial charge in [-0.15, -0.1) is 0 Å². The second-order valence-electron chi connectivity index (χ2n) is 9.04. The fourth-order valence-corrected chi connectivity index (χ4v) is 4.26. The van der Waals surface area contributed by atoms with E-state index in [4.69, 9.17) is 4.74 Å². The Morgan fingerprint density at radius 2 is 0.943 bits per heavy atom. The van der Waals surface area contributed by atoms with Gasteiger partial charge in [-0.2, -0.15) is 0 Å². The number of aromatic hydroxyl groups is 3. The number of benzene rings is 4. The van der Waals surface area contributed by atoms with E-state index in [1.165, 1.54) is 0 Å². The fraction of sp³-hybridized carbons (Fsp3) is 0.200. The van der Waals surface area contributed by atoms with Crippen LogP contribution in [0.25, 0.3) is 0 Å². The molecule has 5 nitrogen and oxygen atoms in total. The predicted molar refractivity (Wildman–Crippen MR) is 141 cm³/mol. The second kappa shape index (κ2) is 9.26. The molecule has 0 spiro atoms. The molecule has 4 rings (SSSR count). The summed E-state index contributed by atoms with van der Waals surface area (Å²) in [6.45, 7) is 11.2. The van der Waals surface area contributed by atoms with E-state index >= 15 is 0 Å². The summed E-state index contributed by atoms with van der Waals surface area (Å²) in [4.78, 5) is 2.02. The first-order valence-electron chi connectivity index (χ1n) is 11.6. The molecule has 0 aliphatic heterocycles. The van der Waals surface area contributed by atoms with Crippen molar-refractivity contribution in [3.63, 3.8) is 0 Å². The number of phenolic OH excluding ortho intramolecular Hbond substituents is 3. The number of anilines is 3. The summed E-state index contributed by atoms with van der Waals surface area (Å²) in [5.74, 6) is 1.95. The summed E-state index contributed by atoms with van der Waals surface area (Å²) < 4.78 is 6.05. The summed E-state index contributed by atoms with van der Waals surface area (Å²) in [6, 6.07) is 19.0. The van der Waals surface area contributed by atoms with Crippen LogP contribution in [0, 0.1) is 41.5 Å². The molecule has 0 radical (unpaired) electrons. The number of hydrogen-bond donors (Lipinski definition) is 3. The number of rotatable bonds is 5. The SMILES string of the molecule is Cc1ccc(Oc2ccc(N(c3ccc(C)c(O)c3C)c3ccc(C)c(O)c3C)cc2)c(C)c1O. The molecule has 180 valence electrons. The van der Waals surface area contributed by atoms with Crippen molar-refractivity contribution in [2.24, 2.45) is 0 Å². The molecule has 0 bridgehead atoms. The highest BCUT2D eigenvalue weighted by atomic mass is 16.5. The molecule has 0 aliphatic rings. The van der Waals surface area contributed by atoms with Gasteiger partial charge in [0.15, 0.2) is 0 Å². The minimum atomic E-state index is 0.231. The van der Waals surface area contributed by atoms with Crippen molar-refractivity contribution in [3.8, 4) is 28.7 Å². The average Bonchev–Trinajstić information content (AvgIpc) is 2.85. The van der Waals surface area contributed by atoms with Crippen LogP contribution in [-0.4, -0.2) is 15.3 Å². The molecular formula is C30H31NO4. The zero-order chi connectivity index (χ0) is 25.4. The minimum Gasteiger partial charge on any atom is -0.507 e. The summed E-state index contributed by atoms with van der Waals surface area (Å²) >= 11 is 0. The van der Waals surface area contributed by atoms with E-state index in [9.17, 15) is 15.3 Å². The van der Waals surface area contributed by atoms with E-state index in [1.54, 1.807) is 0 Å². The lowest BCUT2D eigenvalue weighted by atomic mass is 10.0. The van der Waals surface area contributed by atoms with E-state index in [2.05, 4.69) is 0 Å². The summed E-state index contributed by atoms with van der Waals surface area (Å²) in [5.41, 5.74) is 7.05. The van der Waals surface area contributed by atoms with Crippen molar-refractivity contribution >= 4 is 17.1 Å². The molecule has 0 saturated carbocycles. The van der Waals surface area contributed by atoms with Crippen molar-refractivity contribution in [2.45, 2.75) is 41.5 Å². The molecule has 0 amide bonds. The molecule has 5 heteroatoms. The Hall–Kier alpha value is -4.12. The Bertz CT molecular complexity index is 1350. The largest absolute Gasteiger partial charge is 0.507 e. The number of hydrogen-bond acceptors (Lipinski definition) is 5. The van der Waals surface area contributed by atoms with Gasteiger partial charge in [0.05, 0.1) is 11.4 Å². The highest BCUT2D eigenvalue weighted by Crippen LogP contribution is 2.44. The van der Waals surface area contributed by atoms with Crippen LogP contribution in [0.15, 0.2) is 60.7 Å². The molecule has 0 saturated heterocycles. The van der Waals surface area contributed by atoms with Crippen LogP contribution in [-0.2, 0) is 0 Å². The van der Waals surface area contributed by atoms with Crippen molar-refractivity contribution in [1.29, 1.82) is 0 Å². The third-order valence-corrected chi connectivity index (χ3v) is 6.60. The van der Waals surface area contributed by atoms with Crippen LogP contribution in [0.4, 0.5) is 17.1 Å². The van der Waals surface area contributed by atoms with Crippen LogP contribution in [0.2, 0.25) is 0 Å². The summed E-state index contributed by atoms with van der Waals surface area (Å²) in [7, 11) is 0. The maximum atomic E-state index is 10.7. The molecule has 0 heterocycles. The highest BCUT2D eigenvalue weighted by molar-refractivity contribution is 5.82. The number of aryl methyl sites for hydroxylation is 3. The number of phenols is 3. The highest BCUT2D eigenvalue weighted by Gasteiger charge is 2.21. The lowest BCUT2D eigenvalue weighted by Crippen LogP contribution is -2.13. The van der Waals surface area contributed by atoms with E-state index in [1.807, 2.05) is 107 Å². The zero-order valence-electron chi connectivity index (χ0n) is 21.0. The van der Waals surface area contributed by atoms with Crippen LogP contribution in [0.5, 0.6) is 28.7 Å². The molecule has 4 aromatic carbocycles. The molecule has 35 heavy (non-hydrogen) atoms. The quantitative estimate of drug-likeness (QED) is 0.277. The Morgan fingerprint density at radius 1 is 0.514 bits per heavy atom. The maximum absolute atomic E-state index is 10.7. The van der Waals surface area contributed by atoms with E-state index in [-0.39, 0.29) is 17.2 Å². The Kier molecular flexibility index (Phi) is 6.35. The van der Waals surface area contributed by atoms with E-state index in [0.29, 0.717) is 17.1 Å². The van der Waals surface area contributed by atoms with Crippen LogP contribution >= 0.6 is 0 Å². The van der Waals surface area contributed by atoms with Crippen LogP contribution < -0.4 is 9.64 Å². The van der Waals surface area contributed by atoms with Gasteiger partial charge >= 0.3 is 0 Å². The van der Waals surface area contributed by atoms with Crippen molar-refractivity contribution in [2.75, 3.05) is 4.90 Å². The van der Waals surface area contributed by atoms with E-state index in [0.717, 1.165) is 44.9 Å². The first kappa shape index (κ1) is 24.0. The minimum absolute atomic E-state index is 0.231. The van der Waals surface area contributed by atoms with Crippen molar-refractivity contribution in [3.05, 3.63) is 94.0 Å². The van der Waals surface area contributed by atoms with Crippen molar-refractivity contribution in [1.82, 2.24) is 0 Å². The average molecular weight is 470 g/mol. The van der Waals surface area contributed by atoms with Crippen molar-refractivity contribution < 1.29 is 20.1 Å². The molecule has 0 fully saturated rings. The fourth-order valence-electron chi connectivity index (χ4n) is 4.26.